The number of likely N-dealkylation sites (tertiary alicyclic amines) is 1. The van der Waals surface area contributed by atoms with Gasteiger partial charge in [0.25, 0.3) is 0 Å². The Morgan fingerprint density at radius 3 is 2.74 bits per heavy atom. The van der Waals surface area contributed by atoms with Crippen molar-refractivity contribution in [2.75, 3.05) is 6.54 Å². The van der Waals surface area contributed by atoms with Crippen LogP contribution < -0.4 is 0 Å². The van der Waals surface area contributed by atoms with E-state index < -0.39 is 12.0 Å². The molecule has 0 saturated carbocycles. The highest BCUT2D eigenvalue weighted by Gasteiger charge is 2.27. The van der Waals surface area contributed by atoms with Crippen molar-refractivity contribution in [3.8, 4) is 0 Å². The molecule has 106 valence electrons. The van der Waals surface area contributed by atoms with Crippen LogP contribution in [-0.2, 0) is 17.8 Å². The van der Waals surface area contributed by atoms with Gasteiger partial charge in [-0.25, -0.2) is 0 Å². The summed E-state index contributed by atoms with van der Waals surface area (Å²) in [7, 11) is 0. The monoisotopic (exact) mass is 267 g/mol. The van der Waals surface area contributed by atoms with E-state index in [0.29, 0.717) is 31.2 Å². The van der Waals surface area contributed by atoms with Gasteiger partial charge in [0, 0.05) is 6.42 Å². The van der Waals surface area contributed by atoms with E-state index >= 15 is 0 Å². The zero-order chi connectivity index (χ0) is 13.7. The van der Waals surface area contributed by atoms with Crippen molar-refractivity contribution in [2.24, 2.45) is 0 Å². The normalized spacial score (nSPS) is 21.8. The highest BCUT2D eigenvalue weighted by atomic mass is 16.4. The molecule has 1 aromatic rings. The summed E-state index contributed by atoms with van der Waals surface area (Å²) in [5.74, 6) is 0.370. The van der Waals surface area contributed by atoms with Crippen LogP contribution in [0.3, 0.4) is 0 Å². The summed E-state index contributed by atoms with van der Waals surface area (Å²) in [5, 5.41) is 17.2. The smallest absolute Gasteiger partial charge is 0.320 e. The number of rotatable bonds is 4. The van der Waals surface area contributed by atoms with Crippen LogP contribution in [0, 0.1) is 0 Å². The van der Waals surface area contributed by atoms with E-state index in [9.17, 15) is 9.90 Å². The van der Waals surface area contributed by atoms with Crippen molar-refractivity contribution in [3.05, 3.63) is 11.8 Å². The summed E-state index contributed by atoms with van der Waals surface area (Å²) in [5.41, 5.74) is 0. The van der Waals surface area contributed by atoms with Gasteiger partial charge in [-0.3, -0.25) is 9.69 Å². The Morgan fingerprint density at radius 1 is 1.32 bits per heavy atom. The lowest BCUT2D eigenvalue weighted by Gasteiger charge is -2.29. The molecule has 0 radical (unpaired) electrons. The zero-order valence-corrected chi connectivity index (χ0v) is 11.3. The number of aromatic nitrogens is 2. The minimum Gasteiger partial charge on any atom is -0.480 e. The molecule has 1 unspecified atom stereocenters. The van der Waals surface area contributed by atoms with Crippen molar-refractivity contribution in [3.63, 3.8) is 0 Å². The van der Waals surface area contributed by atoms with Crippen LogP contribution in [0.4, 0.5) is 0 Å². The van der Waals surface area contributed by atoms with E-state index in [4.69, 9.17) is 4.42 Å². The average molecular weight is 267 g/mol. The lowest BCUT2D eigenvalue weighted by atomic mass is 10.0. The molecular weight excluding hydrogens is 246 g/mol. The van der Waals surface area contributed by atoms with Gasteiger partial charge in [0.1, 0.15) is 6.04 Å². The van der Waals surface area contributed by atoms with Crippen molar-refractivity contribution in [1.29, 1.82) is 0 Å². The molecule has 0 bridgehead atoms. The summed E-state index contributed by atoms with van der Waals surface area (Å²) in [6, 6.07) is -0.433. The van der Waals surface area contributed by atoms with E-state index in [-0.39, 0.29) is 0 Å². The van der Waals surface area contributed by atoms with E-state index in [2.05, 4.69) is 10.2 Å². The first kappa shape index (κ1) is 14.0. The fourth-order valence-electron chi connectivity index (χ4n) is 2.48. The number of aliphatic carboxylic acids is 1. The average Bonchev–Trinajstić information content (AvgIpc) is 2.80. The van der Waals surface area contributed by atoms with Crippen LogP contribution in [0.15, 0.2) is 4.42 Å². The second-order valence-electron chi connectivity index (χ2n) is 4.97. The minimum atomic E-state index is -0.753. The predicted molar refractivity (Wildman–Crippen MR) is 68.6 cm³/mol. The van der Waals surface area contributed by atoms with Gasteiger partial charge in [0.05, 0.1) is 6.54 Å². The van der Waals surface area contributed by atoms with Gasteiger partial charge < -0.3 is 9.52 Å². The number of carboxylic acid groups (broad SMARTS) is 1. The SMILES string of the molecule is CCc1nnc(CN2CCCCCCC2C(=O)O)o1. The largest absolute Gasteiger partial charge is 0.480 e. The highest BCUT2D eigenvalue weighted by molar-refractivity contribution is 5.73. The number of carboxylic acids is 1. The molecule has 1 atom stereocenters. The quantitative estimate of drug-likeness (QED) is 0.896. The third-order valence-corrected chi connectivity index (χ3v) is 3.55. The molecule has 2 heterocycles. The van der Waals surface area contributed by atoms with Crippen LogP contribution in [0.25, 0.3) is 0 Å². The molecule has 1 aliphatic heterocycles. The number of carbonyl (C=O) groups is 1. The van der Waals surface area contributed by atoms with Crippen LogP contribution in [0.5, 0.6) is 0 Å². The molecule has 0 aromatic carbocycles. The first-order chi connectivity index (χ1) is 9.20. The van der Waals surface area contributed by atoms with Gasteiger partial charge in [-0.15, -0.1) is 10.2 Å². The third kappa shape index (κ3) is 3.76. The van der Waals surface area contributed by atoms with Crippen LogP contribution >= 0.6 is 0 Å². The molecule has 6 nitrogen and oxygen atoms in total. The van der Waals surface area contributed by atoms with Gasteiger partial charge in [-0.1, -0.05) is 26.2 Å². The second-order valence-corrected chi connectivity index (χ2v) is 4.97. The number of hydrogen-bond acceptors (Lipinski definition) is 5. The Hall–Kier alpha value is -1.43. The zero-order valence-electron chi connectivity index (χ0n) is 11.3. The summed E-state index contributed by atoms with van der Waals surface area (Å²) >= 11 is 0. The Balaban J connectivity index is 2.05. The summed E-state index contributed by atoms with van der Waals surface area (Å²) < 4.78 is 5.48. The third-order valence-electron chi connectivity index (χ3n) is 3.55. The molecule has 1 aromatic heterocycles. The van der Waals surface area contributed by atoms with Crippen molar-refractivity contribution < 1.29 is 14.3 Å². The van der Waals surface area contributed by atoms with Crippen molar-refractivity contribution in [2.45, 2.75) is 58.0 Å². The van der Waals surface area contributed by atoms with Gasteiger partial charge in [-0.2, -0.15) is 0 Å². The maximum atomic E-state index is 11.4. The van der Waals surface area contributed by atoms with Gasteiger partial charge in [-0.05, 0) is 19.4 Å². The lowest BCUT2D eigenvalue weighted by molar-refractivity contribution is -0.144. The van der Waals surface area contributed by atoms with Gasteiger partial charge >= 0.3 is 5.97 Å². The Labute approximate surface area is 112 Å². The van der Waals surface area contributed by atoms with Crippen LogP contribution in [0.2, 0.25) is 0 Å². The lowest BCUT2D eigenvalue weighted by Crippen LogP contribution is -2.42. The number of aryl methyl sites for hydroxylation is 1. The van der Waals surface area contributed by atoms with Crippen LogP contribution in [0.1, 0.15) is 50.8 Å². The summed E-state index contributed by atoms with van der Waals surface area (Å²) in [4.78, 5) is 13.3. The van der Waals surface area contributed by atoms with Gasteiger partial charge in [0.15, 0.2) is 0 Å². The second kappa shape index (κ2) is 6.65. The van der Waals surface area contributed by atoms with E-state index in [0.717, 1.165) is 32.2 Å². The van der Waals surface area contributed by atoms with E-state index in [1.807, 2.05) is 11.8 Å². The Bertz CT molecular complexity index is 419. The van der Waals surface area contributed by atoms with E-state index in [1.165, 1.54) is 0 Å². The maximum Gasteiger partial charge on any atom is 0.320 e. The fraction of sp³-hybridized carbons (Fsp3) is 0.769. The topological polar surface area (TPSA) is 79.5 Å². The molecule has 6 heteroatoms. The summed E-state index contributed by atoms with van der Waals surface area (Å²) in [6.07, 6.45) is 5.68. The standard InChI is InChI=1S/C13H21N3O3/c1-2-11-14-15-12(19-11)9-16-8-6-4-3-5-7-10(16)13(17)18/h10H,2-9H2,1H3,(H,17,18). The molecule has 19 heavy (non-hydrogen) atoms. The molecule has 1 fully saturated rings. The maximum absolute atomic E-state index is 11.4. The predicted octanol–water partition coefficient (Wildman–Crippen LogP) is 1.85. The molecular formula is C13H21N3O3. The molecule has 1 saturated heterocycles. The number of nitrogens with zero attached hydrogens (tertiary/aromatic N) is 3. The molecule has 0 amide bonds. The molecule has 1 N–H and O–H groups in total. The summed E-state index contributed by atoms with van der Waals surface area (Å²) in [6.45, 7) is 3.16. The van der Waals surface area contributed by atoms with Crippen LogP contribution in [-0.4, -0.2) is 38.8 Å². The molecule has 2 rings (SSSR count). The first-order valence-electron chi connectivity index (χ1n) is 6.98. The van der Waals surface area contributed by atoms with Crippen molar-refractivity contribution in [1.82, 2.24) is 15.1 Å². The molecule has 1 aliphatic rings. The molecule has 0 spiro atoms. The highest BCUT2D eigenvalue weighted by Crippen LogP contribution is 2.19. The number of hydrogen-bond donors (Lipinski definition) is 1. The minimum absolute atomic E-state index is 0.433. The van der Waals surface area contributed by atoms with Crippen molar-refractivity contribution >= 4 is 5.97 Å². The van der Waals surface area contributed by atoms with E-state index in [1.54, 1.807) is 0 Å². The van der Waals surface area contributed by atoms with Gasteiger partial charge in [0.2, 0.25) is 11.8 Å². The first-order valence-corrected chi connectivity index (χ1v) is 6.98. The Kier molecular flexibility index (Phi) is 4.90. The Morgan fingerprint density at radius 2 is 2.05 bits per heavy atom. The molecule has 0 aliphatic carbocycles. The fourth-order valence-corrected chi connectivity index (χ4v) is 2.48.